The topological polar surface area (TPSA) is 77.7 Å². The normalized spacial score (nSPS) is 12.2. The van der Waals surface area contributed by atoms with Crippen LogP contribution in [-0.2, 0) is 29.1 Å². The van der Waals surface area contributed by atoms with Gasteiger partial charge in [0.15, 0.2) is 0 Å². The van der Waals surface area contributed by atoms with Crippen molar-refractivity contribution < 1.29 is 8.42 Å². The van der Waals surface area contributed by atoms with Gasteiger partial charge < -0.3 is 4.57 Å². The predicted octanol–water partition coefficient (Wildman–Crippen LogP) is 1.93. The standard InChI is InChI=1S/C12H18N4O2S2/c1-5-10-14-15-12(16(10)4)20(17,18)7-9-6-19-11(13-9)8(2)3/h6,8H,5,7H2,1-4H3. The van der Waals surface area contributed by atoms with Crippen molar-refractivity contribution in [3.8, 4) is 0 Å². The molecule has 2 aromatic heterocycles. The molecule has 20 heavy (non-hydrogen) atoms. The second kappa shape index (κ2) is 5.61. The summed E-state index contributed by atoms with van der Waals surface area (Å²) in [5, 5.41) is 10.4. The van der Waals surface area contributed by atoms with Crippen molar-refractivity contribution in [1.29, 1.82) is 0 Å². The van der Waals surface area contributed by atoms with Gasteiger partial charge in [-0.2, -0.15) is 0 Å². The van der Waals surface area contributed by atoms with E-state index in [4.69, 9.17) is 0 Å². The summed E-state index contributed by atoms with van der Waals surface area (Å²) < 4.78 is 26.3. The average molecular weight is 314 g/mol. The Morgan fingerprint density at radius 3 is 2.55 bits per heavy atom. The van der Waals surface area contributed by atoms with Crippen LogP contribution in [0.4, 0.5) is 0 Å². The summed E-state index contributed by atoms with van der Waals surface area (Å²) in [4.78, 5) is 4.36. The highest BCUT2D eigenvalue weighted by molar-refractivity contribution is 7.90. The maximum atomic E-state index is 12.4. The molecule has 0 aliphatic heterocycles. The highest BCUT2D eigenvalue weighted by Crippen LogP contribution is 2.22. The van der Waals surface area contributed by atoms with Crippen molar-refractivity contribution in [3.05, 3.63) is 21.9 Å². The van der Waals surface area contributed by atoms with Gasteiger partial charge in [-0.3, -0.25) is 0 Å². The lowest BCUT2D eigenvalue weighted by Crippen LogP contribution is -2.12. The molecule has 2 rings (SSSR count). The number of hydrogen-bond acceptors (Lipinski definition) is 6. The van der Waals surface area contributed by atoms with Crippen LogP contribution in [0.2, 0.25) is 0 Å². The molecular weight excluding hydrogens is 296 g/mol. The van der Waals surface area contributed by atoms with Crippen LogP contribution in [0.5, 0.6) is 0 Å². The van der Waals surface area contributed by atoms with E-state index in [-0.39, 0.29) is 10.9 Å². The van der Waals surface area contributed by atoms with Gasteiger partial charge in [0, 0.05) is 24.8 Å². The molecule has 6 nitrogen and oxygen atoms in total. The third-order valence-electron chi connectivity index (χ3n) is 2.92. The molecule has 110 valence electrons. The minimum absolute atomic E-state index is 0.00782. The molecule has 0 aliphatic rings. The summed E-state index contributed by atoms with van der Waals surface area (Å²) in [5.74, 6) is 0.828. The number of rotatable bonds is 5. The first-order valence-electron chi connectivity index (χ1n) is 6.40. The molecule has 0 amide bonds. The Kier molecular flexibility index (Phi) is 4.24. The van der Waals surface area contributed by atoms with Crippen molar-refractivity contribution in [2.24, 2.45) is 7.05 Å². The minimum Gasteiger partial charge on any atom is -0.305 e. The van der Waals surface area contributed by atoms with Gasteiger partial charge >= 0.3 is 0 Å². The first-order chi connectivity index (χ1) is 9.35. The molecule has 0 N–H and O–H groups in total. The van der Waals surface area contributed by atoms with E-state index in [9.17, 15) is 8.42 Å². The first-order valence-corrected chi connectivity index (χ1v) is 8.93. The van der Waals surface area contributed by atoms with Gasteiger partial charge in [-0.05, 0) is 0 Å². The number of aryl methyl sites for hydroxylation is 1. The molecule has 0 atom stereocenters. The SMILES string of the molecule is CCc1nnc(S(=O)(=O)Cc2csc(C(C)C)n2)n1C. The van der Waals surface area contributed by atoms with Gasteiger partial charge in [0.25, 0.3) is 0 Å². The molecule has 0 radical (unpaired) electrons. The molecule has 0 unspecified atom stereocenters. The fraction of sp³-hybridized carbons (Fsp3) is 0.583. The molecule has 0 fully saturated rings. The van der Waals surface area contributed by atoms with Crippen LogP contribution in [0.3, 0.4) is 0 Å². The lowest BCUT2D eigenvalue weighted by Gasteiger charge is -2.03. The molecule has 0 saturated carbocycles. The summed E-state index contributed by atoms with van der Waals surface area (Å²) in [5.41, 5.74) is 0.569. The smallest absolute Gasteiger partial charge is 0.249 e. The number of sulfone groups is 1. The van der Waals surface area contributed by atoms with E-state index in [1.54, 1.807) is 12.4 Å². The number of nitrogens with zero attached hydrogens (tertiary/aromatic N) is 4. The van der Waals surface area contributed by atoms with E-state index < -0.39 is 9.84 Å². The summed E-state index contributed by atoms with van der Waals surface area (Å²) in [7, 11) is -1.84. The lowest BCUT2D eigenvalue weighted by molar-refractivity contribution is 0.575. The third kappa shape index (κ3) is 2.90. The summed E-state index contributed by atoms with van der Waals surface area (Å²) in [6.07, 6.45) is 0.646. The molecule has 0 bridgehead atoms. The number of hydrogen-bond donors (Lipinski definition) is 0. The quantitative estimate of drug-likeness (QED) is 0.842. The van der Waals surface area contributed by atoms with Gasteiger partial charge in [-0.15, -0.1) is 21.5 Å². The molecular formula is C12H18N4O2S2. The van der Waals surface area contributed by atoms with Crippen LogP contribution in [0, 0.1) is 0 Å². The Balaban J connectivity index is 2.28. The fourth-order valence-corrected chi connectivity index (χ4v) is 4.13. The van der Waals surface area contributed by atoms with E-state index in [0.717, 1.165) is 5.01 Å². The average Bonchev–Trinajstić information content (AvgIpc) is 2.95. The highest BCUT2D eigenvalue weighted by Gasteiger charge is 2.24. The van der Waals surface area contributed by atoms with Crippen molar-refractivity contribution in [3.63, 3.8) is 0 Å². The van der Waals surface area contributed by atoms with Crippen LogP contribution in [-0.4, -0.2) is 28.2 Å². The number of aromatic nitrogens is 4. The Bertz CT molecular complexity index is 701. The summed E-state index contributed by atoms with van der Waals surface area (Å²) in [6, 6.07) is 0. The second-order valence-corrected chi connectivity index (χ2v) is 7.68. The maximum absolute atomic E-state index is 12.4. The van der Waals surface area contributed by atoms with Gasteiger partial charge in [-0.1, -0.05) is 20.8 Å². The third-order valence-corrected chi connectivity index (χ3v) is 5.70. The zero-order valence-corrected chi connectivity index (χ0v) is 13.6. The van der Waals surface area contributed by atoms with E-state index in [2.05, 4.69) is 15.2 Å². The molecule has 8 heteroatoms. The fourth-order valence-electron chi connectivity index (χ4n) is 1.84. The number of thiazole rings is 1. The molecule has 2 heterocycles. The summed E-state index contributed by atoms with van der Waals surface area (Å²) >= 11 is 1.49. The minimum atomic E-state index is -3.51. The second-order valence-electron chi connectivity index (χ2n) is 4.90. The Morgan fingerprint density at radius 1 is 1.35 bits per heavy atom. The monoisotopic (exact) mass is 314 g/mol. The Labute approximate surface area is 122 Å². The molecule has 0 aliphatic carbocycles. The summed E-state index contributed by atoms with van der Waals surface area (Å²) in [6.45, 7) is 5.98. The van der Waals surface area contributed by atoms with Crippen LogP contribution < -0.4 is 0 Å². The molecule has 0 saturated heterocycles. The van der Waals surface area contributed by atoms with Gasteiger partial charge in [0.2, 0.25) is 15.0 Å². The van der Waals surface area contributed by atoms with Gasteiger partial charge in [0.05, 0.1) is 10.7 Å². The highest BCUT2D eigenvalue weighted by atomic mass is 32.2. The van der Waals surface area contributed by atoms with E-state index in [1.807, 2.05) is 20.8 Å². The van der Waals surface area contributed by atoms with Gasteiger partial charge in [0.1, 0.15) is 11.6 Å². The van der Waals surface area contributed by atoms with Crippen molar-refractivity contribution in [2.45, 2.75) is 44.0 Å². The van der Waals surface area contributed by atoms with Crippen molar-refractivity contribution >= 4 is 21.2 Å². The first kappa shape index (κ1) is 15.1. The van der Waals surface area contributed by atoms with E-state index in [0.29, 0.717) is 23.9 Å². The van der Waals surface area contributed by atoms with Crippen molar-refractivity contribution in [1.82, 2.24) is 19.7 Å². The maximum Gasteiger partial charge on any atom is 0.249 e. The zero-order chi connectivity index (χ0) is 14.9. The van der Waals surface area contributed by atoms with Crippen molar-refractivity contribution in [2.75, 3.05) is 0 Å². The van der Waals surface area contributed by atoms with E-state index >= 15 is 0 Å². The van der Waals surface area contributed by atoms with Crippen LogP contribution in [0.25, 0.3) is 0 Å². The van der Waals surface area contributed by atoms with Crippen LogP contribution >= 0.6 is 11.3 Å². The van der Waals surface area contributed by atoms with E-state index in [1.165, 1.54) is 15.9 Å². The Hall–Kier alpha value is -1.28. The predicted molar refractivity (Wildman–Crippen MR) is 77.5 cm³/mol. The van der Waals surface area contributed by atoms with Gasteiger partial charge in [-0.25, -0.2) is 13.4 Å². The van der Waals surface area contributed by atoms with Crippen LogP contribution in [0.1, 0.15) is 43.2 Å². The van der Waals surface area contributed by atoms with Crippen LogP contribution in [0.15, 0.2) is 10.5 Å². The zero-order valence-electron chi connectivity index (χ0n) is 12.0. The Morgan fingerprint density at radius 2 is 2.05 bits per heavy atom. The molecule has 2 aromatic rings. The largest absolute Gasteiger partial charge is 0.305 e. The molecule has 0 aromatic carbocycles. The lowest BCUT2D eigenvalue weighted by atomic mass is 10.2. The molecule has 0 spiro atoms.